The molecule has 1 heterocycles. The number of carbonyl (C=O) groups is 1. The molecule has 1 aromatic carbocycles. The number of benzene rings is 1. The van der Waals surface area contributed by atoms with Crippen LogP contribution in [0.4, 0.5) is 0 Å². The SMILES string of the molecule is Cn1cncc1C(=O)ON=Cc1ccccc1C(C)(C)C. The van der Waals surface area contributed by atoms with E-state index in [-0.39, 0.29) is 5.41 Å². The molecule has 0 radical (unpaired) electrons. The molecule has 0 amide bonds. The lowest BCUT2D eigenvalue weighted by Gasteiger charge is -2.21. The molecule has 2 aromatic rings. The molecule has 5 nitrogen and oxygen atoms in total. The first kappa shape index (κ1) is 15.0. The predicted octanol–water partition coefficient (Wildman–Crippen LogP) is 2.91. The summed E-state index contributed by atoms with van der Waals surface area (Å²) in [6.45, 7) is 6.38. The molecule has 0 aliphatic heterocycles. The Morgan fingerprint density at radius 3 is 2.67 bits per heavy atom. The summed E-state index contributed by atoms with van der Waals surface area (Å²) >= 11 is 0. The lowest BCUT2D eigenvalue weighted by atomic mass is 9.84. The number of rotatable bonds is 3. The van der Waals surface area contributed by atoms with Gasteiger partial charge >= 0.3 is 5.97 Å². The number of imidazole rings is 1. The highest BCUT2D eigenvalue weighted by molar-refractivity contribution is 5.88. The molecule has 110 valence electrons. The highest BCUT2D eigenvalue weighted by Gasteiger charge is 2.16. The van der Waals surface area contributed by atoms with Crippen LogP contribution in [0.2, 0.25) is 0 Å². The summed E-state index contributed by atoms with van der Waals surface area (Å²) in [5, 5.41) is 3.80. The van der Waals surface area contributed by atoms with Gasteiger partial charge < -0.3 is 9.40 Å². The highest BCUT2D eigenvalue weighted by Crippen LogP contribution is 2.24. The van der Waals surface area contributed by atoms with Gasteiger partial charge in [-0.05, 0) is 16.5 Å². The van der Waals surface area contributed by atoms with Crippen molar-refractivity contribution in [3.63, 3.8) is 0 Å². The van der Waals surface area contributed by atoms with Crippen LogP contribution < -0.4 is 0 Å². The van der Waals surface area contributed by atoms with E-state index >= 15 is 0 Å². The maximum Gasteiger partial charge on any atom is 0.383 e. The van der Waals surface area contributed by atoms with Gasteiger partial charge in [0.25, 0.3) is 0 Å². The number of aromatic nitrogens is 2. The van der Waals surface area contributed by atoms with Gasteiger partial charge in [-0.2, -0.15) is 0 Å². The molecule has 0 fully saturated rings. The number of hydrogen-bond donors (Lipinski definition) is 0. The lowest BCUT2D eigenvalue weighted by Crippen LogP contribution is -2.14. The van der Waals surface area contributed by atoms with E-state index in [4.69, 9.17) is 4.84 Å². The maximum atomic E-state index is 11.8. The Bertz CT molecular complexity index is 666. The lowest BCUT2D eigenvalue weighted by molar-refractivity contribution is 0.0508. The summed E-state index contributed by atoms with van der Waals surface area (Å²) in [7, 11) is 1.72. The van der Waals surface area contributed by atoms with Gasteiger partial charge in [0.05, 0.1) is 18.7 Å². The van der Waals surface area contributed by atoms with Gasteiger partial charge in [0.2, 0.25) is 0 Å². The van der Waals surface area contributed by atoms with Gasteiger partial charge in [-0.25, -0.2) is 9.78 Å². The Balaban J connectivity index is 2.13. The fourth-order valence-electron chi connectivity index (χ4n) is 2.02. The van der Waals surface area contributed by atoms with E-state index in [1.165, 1.54) is 12.5 Å². The minimum absolute atomic E-state index is 0.00530. The first-order valence-corrected chi connectivity index (χ1v) is 6.70. The number of hydrogen-bond acceptors (Lipinski definition) is 4. The van der Waals surface area contributed by atoms with Crippen molar-refractivity contribution in [2.45, 2.75) is 26.2 Å². The zero-order chi connectivity index (χ0) is 15.5. The van der Waals surface area contributed by atoms with Gasteiger partial charge in [-0.3, -0.25) is 0 Å². The van der Waals surface area contributed by atoms with Gasteiger partial charge in [0.15, 0.2) is 0 Å². The summed E-state index contributed by atoms with van der Waals surface area (Å²) in [6.07, 6.45) is 4.55. The van der Waals surface area contributed by atoms with Crippen molar-refractivity contribution in [3.8, 4) is 0 Å². The monoisotopic (exact) mass is 285 g/mol. The Morgan fingerprint density at radius 1 is 1.33 bits per heavy atom. The molecule has 5 heteroatoms. The minimum atomic E-state index is -0.528. The van der Waals surface area contributed by atoms with Crippen LogP contribution in [0.3, 0.4) is 0 Å². The molecule has 1 aromatic heterocycles. The Morgan fingerprint density at radius 2 is 2.05 bits per heavy atom. The predicted molar refractivity (Wildman–Crippen MR) is 81.4 cm³/mol. The van der Waals surface area contributed by atoms with Crippen molar-refractivity contribution in [1.29, 1.82) is 0 Å². The van der Waals surface area contributed by atoms with Crippen molar-refractivity contribution < 1.29 is 9.63 Å². The van der Waals surface area contributed by atoms with Gasteiger partial charge in [-0.1, -0.05) is 50.2 Å². The molecular weight excluding hydrogens is 266 g/mol. The zero-order valence-electron chi connectivity index (χ0n) is 12.7. The van der Waals surface area contributed by atoms with E-state index in [1.807, 2.05) is 24.3 Å². The van der Waals surface area contributed by atoms with Crippen LogP contribution in [-0.4, -0.2) is 21.7 Å². The molecule has 0 N–H and O–H groups in total. The van der Waals surface area contributed by atoms with Crippen molar-refractivity contribution >= 4 is 12.2 Å². The average molecular weight is 285 g/mol. The van der Waals surface area contributed by atoms with E-state index < -0.39 is 5.97 Å². The molecule has 0 saturated heterocycles. The molecule has 0 bridgehead atoms. The van der Waals surface area contributed by atoms with E-state index in [0.29, 0.717) is 5.69 Å². The normalized spacial score (nSPS) is 11.8. The first-order chi connectivity index (χ1) is 9.89. The maximum absolute atomic E-state index is 11.8. The van der Waals surface area contributed by atoms with Crippen LogP contribution >= 0.6 is 0 Å². The largest absolute Gasteiger partial charge is 0.383 e. The third-order valence-corrected chi connectivity index (χ3v) is 3.12. The Kier molecular flexibility index (Phi) is 4.21. The van der Waals surface area contributed by atoms with E-state index in [1.54, 1.807) is 17.8 Å². The standard InChI is InChI=1S/C16H19N3O2/c1-16(2,3)13-8-6-5-7-12(13)9-18-21-15(20)14-10-17-11-19(14)4/h5-11H,1-4H3. The summed E-state index contributed by atoms with van der Waals surface area (Å²) in [5.41, 5.74) is 2.43. The van der Waals surface area contributed by atoms with Gasteiger partial charge in [0, 0.05) is 7.05 Å². The van der Waals surface area contributed by atoms with Gasteiger partial charge in [-0.15, -0.1) is 0 Å². The number of nitrogens with zero attached hydrogens (tertiary/aromatic N) is 3. The highest BCUT2D eigenvalue weighted by atomic mass is 16.7. The molecule has 2 rings (SSSR count). The van der Waals surface area contributed by atoms with Crippen molar-refractivity contribution in [2.75, 3.05) is 0 Å². The van der Waals surface area contributed by atoms with Gasteiger partial charge in [0.1, 0.15) is 5.69 Å². The second kappa shape index (κ2) is 5.91. The molecule has 0 atom stereocenters. The quantitative estimate of drug-likeness (QED) is 0.495. The van der Waals surface area contributed by atoms with Crippen LogP contribution in [0.15, 0.2) is 41.9 Å². The van der Waals surface area contributed by atoms with E-state index in [0.717, 1.165) is 11.1 Å². The van der Waals surface area contributed by atoms with Crippen LogP contribution in [0, 0.1) is 0 Å². The smallest absolute Gasteiger partial charge is 0.328 e. The summed E-state index contributed by atoms with van der Waals surface area (Å²) in [6, 6.07) is 7.91. The third kappa shape index (κ3) is 3.56. The Labute approximate surface area is 124 Å². The summed E-state index contributed by atoms with van der Waals surface area (Å²) in [5.74, 6) is -0.528. The van der Waals surface area contributed by atoms with Crippen molar-refractivity contribution in [3.05, 3.63) is 53.6 Å². The fraction of sp³-hybridized carbons (Fsp3) is 0.312. The molecule has 21 heavy (non-hydrogen) atoms. The topological polar surface area (TPSA) is 56.5 Å². The Hall–Kier alpha value is -2.43. The molecule has 0 saturated carbocycles. The van der Waals surface area contributed by atoms with Crippen LogP contribution in [0.5, 0.6) is 0 Å². The number of aryl methyl sites for hydroxylation is 1. The van der Waals surface area contributed by atoms with E-state index in [2.05, 4.69) is 30.9 Å². The molecule has 0 aliphatic carbocycles. The second-order valence-electron chi connectivity index (χ2n) is 5.84. The molecule has 0 aliphatic rings. The third-order valence-electron chi connectivity index (χ3n) is 3.12. The number of carbonyl (C=O) groups excluding carboxylic acids is 1. The minimum Gasteiger partial charge on any atom is -0.328 e. The van der Waals surface area contributed by atoms with Crippen LogP contribution in [0.25, 0.3) is 0 Å². The average Bonchev–Trinajstić information content (AvgIpc) is 2.84. The van der Waals surface area contributed by atoms with E-state index in [9.17, 15) is 4.79 Å². The zero-order valence-corrected chi connectivity index (χ0v) is 12.7. The summed E-state index contributed by atoms with van der Waals surface area (Å²) in [4.78, 5) is 20.6. The van der Waals surface area contributed by atoms with Crippen molar-refractivity contribution in [1.82, 2.24) is 9.55 Å². The summed E-state index contributed by atoms with van der Waals surface area (Å²) < 4.78 is 1.58. The fourth-order valence-corrected chi connectivity index (χ4v) is 2.02. The van der Waals surface area contributed by atoms with Crippen LogP contribution in [-0.2, 0) is 17.3 Å². The molecule has 0 spiro atoms. The first-order valence-electron chi connectivity index (χ1n) is 6.70. The molecular formula is C16H19N3O2. The number of oxime groups is 1. The molecule has 0 unspecified atom stereocenters. The second-order valence-corrected chi connectivity index (χ2v) is 5.84. The van der Waals surface area contributed by atoms with Crippen LogP contribution in [0.1, 0.15) is 42.4 Å². The van der Waals surface area contributed by atoms with Crippen molar-refractivity contribution in [2.24, 2.45) is 12.2 Å².